The maximum atomic E-state index is 10.9. The fourth-order valence-electron chi connectivity index (χ4n) is 1.81. The van der Waals surface area contributed by atoms with Gasteiger partial charge in [-0.2, -0.15) is 5.71 Å². The minimum absolute atomic E-state index is 0. The van der Waals surface area contributed by atoms with Crippen molar-refractivity contribution in [3.63, 3.8) is 0 Å². The van der Waals surface area contributed by atoms with Gasteiger partial charge < -0.3 is 10.1 Å². The van der Waals surface area contributed by atoms with Crippen LogP contribution >= 0.6 is 0 Å². The fraction of sp³-hybridized carbons (Fsp3) is 0.143. The van der Waals surface area contributed by atoms with Crippen molar-refractivity contribution in [2.45, 2.75) is 6.42 Å². The second kappa shape index (κ2) is 7.58. The zero-order valence-corrected chi connectivity index (χ0v) is 11.8. The molecule has 2 rings (SSSR count). The first-order chi connectivity index (χ1) is 9.61. The molecule has 0 N–H and O–H groups in total. The molecule has 0 spiro atoms. The Morgan fingerprint density at radius 1 is 1.43 bits per heavy atom. The third kappa shape index (κ3) is 4.15. The number of aromatic nitrogens is 1. The predicted molar refractivity (Wildman–Crippen MR) is 75.1 cm³/mol. The Hall–Kier alpha value is -2.16. The van der Waals surface area contributed by atoms with E-state index in [4.69, 9.17) is 4.74 Å². The molecule has 21 heavy (non-hydrogen) atoms. The van der Waals surface area contributed by atoms with E-state index < -0.39 is 4.92 Å². The van der Waals surface area contributed by atoms with Crippen molar-refractivity contribution in [1.29, 1.82) is 0 Å². The van der Waals surface area contributed by atoms with Gasteiger partial charge in [0.1, 0.15) is 0 Å². The molecule has 1 heterocycles. The van der Waals surface area contributed by atoms with Crippen LogP contribution in [0.1, 0.15) is 11.1 Å². The Morgan fingerprint density at radius 2 is 2.19 bits per heavy atom. The van der Waals surface area contributed by atoms with Crippen molar-refractivity contribution in [2.75, 3.05) is 7.11 Å². The number of ether oxygens (including phenoxy) is 1. The average molecular weight is 277 g/mol. The van der Waals surface area contributed by atoms with Gasteiger partial charge in [-0.15, -0.1) is 0 Å². The molecule has 0 saturated heterocycles. The molecule has 102 valence electrons. The number of hydrogen-bond donors (Lipinski definition) is 0. The molecule has 7 heteroatoms. The van der Waals surface area contributed by atoms with Gasteiger partial charge in [-0.25, -0.2) is 0 Å². The molecule has 0 radical (unpaired) electrons. The second-order valence-electron chi connectivity index (χ2n) is 4.13. The molecule has 0 bridgehead atoms. The van der Waals surface area contributed by atoms with Crippen LogP contribution in [-0.4, -0.2) is 22.7 Å². The summed E-state index contributed by atoms with van der Waals surface area (Å²) in [5.74, 6) is 0.160. The predicted octanol–water partition coefficient (Wildman–Crippen LogP) is -0.396. The molecular weight excluding hydrogens is 265 g/mol. The molecule has 0 aliphatic heterocycles. The Morgan fingerprint density at radius 3 is 2.76 bits per heavy atom. The van der Waals surface area contributed by atoms with Crippen LogP contribution in [0.5, 0.6) is 5.75 Å². The number of nitro benzene ring substituents is 1. The topological polar surface area (TPSA) is 87.6 Å². The van der Waals surface area contributed by atoms with Crippen molar-refractivity contribution >= 4 is 11.4 Å². The quantitative estimate of drug-likeness (QED) is 0.322. The van der Waals surface area contributed by atoms with E-state index in [9.17, 15) is 15.5 Å². The van der Waals surface area contributed by atoms with Crippen molar-refractivity contribution in [2.24, 2.45) is 0 Å². The fourth-order valence-corrected chi connectivity index (χ4v) is 1.81. The van der Waals surface area contributed by atoms with Crippen molar-refractivity contribution in [1.82, 2.24) is 4.98 Å². The number of benzene rings is 1. The average Bonchev–Trinajstić information content (AvgIpc) is 2.47. The first kappa shape index (κ1) is 16.9. The number of nitrogens with zero attached hydrogens (tertiary/aromatic N) is 3. The van der Waals surface area contributed by atoms with Gasteiger partial charge in [0.2, 0.25) is 0 Å². The Labute approximate surface area is 134 Å². The standard InChI is InChI=1S/C14H12N3O3.Li/c1-20-14-5-4-11(8-13(14)17(18)19)12(15)7-10-3-2-6-16-9-10;/h2-6,8-9H,7H2,1H3;/q-1;+1. The van der Waals surface area contributed by atoms with Gasteiger partial charge in [0, 0.05) is 18.5 Å². The van der Waals surface area contributed by atoms with Gasteiger partial charge in [-0.3, -0.25) is 15.1 Å². The van der Waals surface area contributed by atoms with E-state index in [0.717, 1.165) is 5.56 Å². The summed E-state index contributed by atoms with van der Waals surface area (Å²) in [6, 6.07) is 7.93. The minimum Gasteiger partial charge on any atom is -0.807 e. The van der Waals surface area contributed by atoms with Crippen LogP contribution in [0.25, 0.3) is 5.41 Å². The molecule has 0 aliphatic rings. The smallest absolute Gasteiger partial charge is 0.807 e. The third-order valence-corrected chi connectivity index (χ3v) is 2.80. The summed E-state index contributed by atoms with van der Waals surface area (Å²) < 4.78 is 4.92. The molecule has 2 aromatic rings. The first-order valence-corrected chi connectivity index (χ1v) is 5.88. The van der Waals surface area contributed by atoms with Gasteiger partial charge in [0.25, 0.3) is 0 Å². The van der Waals surface area contributed by atoms with Gasteiger partial charge in [-0.05, 0) is 29.7 Å². The number of pyridine rings is 1. The van der Waals surface area contributed by atoms with E-state index >= 15 is 0 Å². The minimum atomic E-state index is -0.542. The summed E-state index contributed by atoms with van der Waals surface area (Å²) in [6.45, 7) is 0. The van der Waals surface area contributed by atoms with Crippen molar-refractivity contribution in [3.05, 3.63) is 69.4 Å². The molecule has 0 unspecified atom stereocenters. The van der Waals surface area contributed by atoms with Crippen LogP contribution in [0, 0.1) is 10.1 Å². The van der Waals surface area contributed by atoms with Crippen molar-refractivity contribution < 1.29 is 28.5 Å². The number of nitro groups is 1. The van der Waals surface area contributed by atoms with Crippen LogP contribution in [-0.2, 0) is 6.42 Å². The molecule has 1 aromatic heterocycles. The van der Waals surface area contributed by atoms with E-state index in [1.165, 1.54) is 19.2 Å². The molecule has 0 atom stereocenters. The Kier molecular flexibility index (Phi) is 6.09. The Balaban J connectivity index is 0.00000220. The zero-order valence-electron chi connectivity index (χ0n) is 11.8. The third-order valence-electron chi connectivity index (χ3n) is 2.80. The maximum absolute atomic E-state index is 10.9. The molecule has 0 fully saturated rings. The SMILES string of the molecule is COc1ccc(C(=[N-])Cc2cccnc2)cc1[N+](=O)[O-].[Li+]. The van der Waals surface area contributed by atoms with Crippen LogP contribution in [0.4, 0.5) is 5.69 Å². The zero-order chi connectivity index (χ0) is 14.5. The summed E-state index contributed by atoms with van der Waals surface area (Å²) >= 11 is 0. The molecule has 0 saturated carbocycles. The van der Waals surface area contributed by atoms with Crippen LogP contribution < -0.4 is 23.6 Å². The summed E-state index contributed by atoms with van der Waals surface area (Å²) in [4.78, 5) is 14.3. The van der Waals surface area contributed by atoms with Crippen LogP contribution in [0.15, 0.2) is 42.7 Å². The van der Waals surface area contributed by atoms with E-state index in [0.29, 0.717) is 5.56 Å². The van der Waals surface area contributed by atoms with Gasteiger partial charge in [0.05, 0.1) is 12.0 Å². The first-order valence-electron chi connectivity index (χ1n) is 5.88. The molecule has 6 nitrogen and oxygen atoms in total. The van der Waals surface area contributed by atoms with Gasteiger partial charge >= 0.3 is 24.5 Å². The van der Waals surface area contributed by atoms with Crippen LogP contribution in [0.2, 0.25) is 0 Å². The van der Waals surface area contributed by atoms with E-state index in [1.807, 2.05) is 6.07 Å². The largest absolute Gasteiger partial charge is 1.00 e. The Bertz CT molecular complexity index is 647. The van der Waals surface area contributed by atoms with Crippen molar-refractivity contribution in [3.8, 4) is 5.75 Å². The molecular formula is C14H12LiN3O3. The number of methoxy groups -OCH3 is 1. The van der Waals surface area contributed by atoms with E-state index in [2.05, 4.69) is 4.98 Å². The summed E-state index contributed by atoms with van der Waals surface area (Å²) in [7, 11) is 1.36. The normalized spacial score (nSPS) is 9.57. The summed E-state index contributed by atoms with van der Waals surface area (Å²) in [5, 5.41) is 21.0. The van der Waals surface area contributed by atoms with Gasteiger partial charge in [0.15, 0.2) is 5.75 Å². The van der Waals surface area contributed by atoms with E-state index in [-0.39, 0.29) is 42.4 Å². The number of rotatable bonds is 5. The monoisotopic (exact) mass is 277 g/mol. The second-order valence-corrected chi connectivity index (χ2v) is 4.13. The molecule has 0 amide bonds. The molecule has 1 aromatic carbocycles. The summed E-state index contributed by atoms with van der Waals surface area (Å²) in [6.07, 6.45) is 3.53. The van der Waals surface area contributed by atoms with Crippen LogP contribution in [0.3, 0.4) is 0 Å². The summed E-state index contributed by atoms with van der Waals surface area (Å²) in [5.41, 5.74) is 1.08. The number of hydrogen-bond acceptors (Lipinski definition) is 4. The maximum Gasteiger partial charge on any atom is 1.00 e. The molecule has 0 aliphatic carbocycles. The van der Waals surface area contributed by atoms with Gasteiger partial charge in [-0.1, -0.05) is 12.1 Å². The van der Waals surface area contributed by atoms with E-state index in [1.54, 1.807) is 24.5 Å².